The Kier molecular flexibility index (Phi) is 12.1. The van der Waals surface area contributed by atoms with Crippen molar-refractivity contribution in [2.75, 3.05) is 24.0 Å². The standard InChI is InChI=1S/C31H37Cl2N3O5S/c1-5-27(31(38)34-19-22(3)4)35(20-24-25(32)15-12-16-26(24)33)30(37)21-36(28-17-10-11-18-29(28)41-6-2)42(39,40)23-13-8-7-9-14-23/h7-18,22,27H,5-6,19-21H2,1-4H3,(H,34,38)/t27-/m0/s1. The van der Waals surface area contributed by atoms with Crippen molar-refractivity contribution >= 4 is 50.7 Å². The molecule has 0 aliphatic heterocycles. The van der Waals surface area contributed by atoms with Crippen LogP contribution in [0.4, 0.5) is 5.69 Å². The van der Waals surface area contributed by atoms with Crippen molar-refractivity contribution in [3.63, 3.8) is 0 Å². The van der Waals surface area contributed by atoms with E-state index in [0.717, 1.165) is 4.31 Å². The largest absolute Gasteiger partial charge is 0.492 e. The van der Waals surface area contributed by atoms with E-state index in [0.29, 0.717) is 27.9 Å². The van der Waals surface area contributed by atoms with Gasteiger partial charge < -0.3 is 15.0 Å². The quantitative estimate of drug-likeness (QED) is 0.229. The third kappa shape index (κ3) is 8.18. The van der Waals surface area contributed by atoms with Gasteiger partial charge in [-0.3, -0.25) is 13.9 Å². The maximum absolute atomic E-state index is 14.3. The first-order valence-corrected chi connectivity index (χ1v) is 16.0. The number of benzene rings is 3. The third-order valence-electron chi connectivity index (χ3n) is 6.50. The molecule has 0 heterocycles. The molecule has 0 radical (unpaired) electrons. The van der Waals surface area contributed by atoms with Gasteiger partial charge in [0.25, 0.3) is 10.0 Å². The summed E-state index contributed by atoms with van der Waals surface area (Å²) in [4.78, 5) is 29.0. The minimum Gasteiger partial charge on any atom is -0.492 e. The lowest BCUT2D eigenvalue weighted by Crippen LogP contribution is -2.52. The molecule has 42 heavy (non-hydrogen) atoms. The molecule has 8 nitrogen and oxygen atoms in total. The molecule has 3 aromatic carbocycles. The summed E-state index contributed by atoms with van der Waals surface area (Å²) in [5, 5.41) is 3.55. The van der Waals surface area contributed by atoms with Crippen molar-refractivity contribution in [2.45, 2.75) is 51.6 Å². The molecule has 1 atom stereocenters. The van der Waals surface area contributed by atoms with Crippen LogP contribution in [0.3, 0.4) is 0 Å². The molecule has 3 rings (SSSR count). The van der Waals surface area contributed by atoms with Gasteiger partial charge in [-0.15, -0.1) is 0 Å². The molecular weight excluding hydrogens is 597 g/mol. The Morgan fingerprint density at radius 1 is 0.905 bits per heavy atom. The lowest BCUT2D eigenvalue weighted by atomic mass is 10.1. The van der Waals surface area contributed by atoms with Crippen molar-refractivity contribution in [3.8, 4) is 5.75 Å². The summed E-state index contributed by atoms with van der Waals surface area (Å²) in [6.45, 7) is 7.52. The highest BCUT2D eigenvalue weighted by atomic mass is 35.5. The summed E-state index contributed by atoms with van der Waals surface area (Å²) in [7, 11) is -4.23. The number of nitrogens with zero attached hydrogens (tertiary/aromatic N) is 2. The molecule has 0 saturated heterocycles. The fourth-order valence-electron chi connectivity index (χ4n) is 4.37. The maximum Gasteiger partial charge on any atom is 0.264 e. The topological polar surface area (TPSA) is 96.0 Å². The van der Waals surface area contributed by atoms with Gasteiger partial charge >= 0.3 is 0 Å². The van der Waals surface area contributed by atoms with Gasteiger partial charge in [-0.1, -0.05) is 80.4 Å². The SMILES string of the molecule is CCOc1ccccc1N(CC(=O)N(Cc1c(Cl)cccc1Cl)[C@@H](CC)C(=O)NCC(C)C)S(=O)(=O)c1ccccc1. The number of carbonyl (C=O) groups excluding carboxylic acids is 2. The Hall–Kier alpha value is -3.27. The summed E-state index contributed by atoms with van der Waals surface area (Å²) in [6, 6.07) is 18.6. The van der Waals surface area contributed by atoms with Crippen LogP contribution in [0.25, 0.3) is 0 Å². The number of anilines is 1. The van der Waals surface area contributed by atoms with Crippen LogP contribution in [0.2, 0.25) is 10.0 Å². The summed E-state index contributed by atoms with van der Waals surface area (Å²) in [6.07, 6.45) is 0.276. The average Bonchev–Trinajstić information content (AvgIpc) is 2.97. The number of hydrogen-bond acceptors (Lipinski definition) is 5. The normalized spacial score (nSPS) is 12.1. The first-order chi connectivity index (χ1) is 20.0. The number of carbonyl (C=O) groups is 2. The number of halogens is 2. The molecule has 2 amide bonds. The number of para-hydroxylation sites is 2. The number of rotatable bonds is 14. The second kappa shape index (κ2) is 15.3. The second-order valence-corrected chi connectivity index (χ2v) is 12.7. The van der Waals surface area contributed by atoms with Crippen LogP contribution in [0, 0.1) is 5.92 Å². The van der Waals surface area contributed by atoms with E-state index >= 15 is 0 Å². The lowest BCUT2D eigenvalue weighted by molar-refractivity contribution is -0.140. The van der Waals surface area contributed by atoms with Gasteiger partial charge in [0.1, 0.15) is 18.3 Å². The number of ether oxygens (including phenoxy) is 1. The minimum absolute atomic E-state index is 0.00603. The van der Waals surface area contributed by atoms with Crippen molar-refractivity contribution < 1.29 is 22.7 Å². The fourth-order valence-corrected chi connectivity index (χ4v) is 6.33. The van der Waals surface area contributed by atoms with Gasteiger partial charge in [-0.2, -0.15) is 0 Å². The van der Waals surface area contributed by atoms with Gasteiger partial charge in [-0.25, -0.2) is 8.42 Å². The van der Waals surface area contributed by atoms with E-state index in [1.165, 1.54) is 17.0 Å². The highest BCUT2D eigenvalue weighted by Crippen LogP contribution is 2.33. The number of sulfonamides is 1. The molecule has 0 unspecified atom stereocenters. The first-order valence-electron chi connectivity index (χ1n) is 13.8. The Labute approximate surface area is 258 Å². The number of nitrogens with one attached hydrogen (secondary N) is 1. The molecule has 0 saturated carbocycles. The van der Waals surface area contributed by atoms with Crippen LogP contribution in [0.15, 0.2) is 77.7 Å². The third-order valence-corrected chi connectivity index (χ3v) is 8.99. The van der Waals surface area contributed by atoms with Crippen LogP contribution in [0.5, 0.6) is 5.75 Å². The van der Waals surface area contributed by atoms with Crippen molar-refractivity contribution in [1.29, 1.82) is 0 Å². The fraction of sp³-hybridized carbons (Fsp3) is 0.355. The van der Waals surface area contributed by atoms with Gasteiger partial charge in [0.2, 0.25) is 11.8 Å². The molecule has 0 aliphatic rings. The first kappa shape index (κ1) is 33.2. The van der Waals surface area contributed by atoms with E-state index in [2.05, 4.69) is 5.32 Å². The van der Waals surface area contributed by atoms with Crippen molar-refractivity contribution in [2.24, 2.45) is 5.92 Å². The highest BCUT2D eigenvalue weighted by molar-refractivity contribution is 7.92. The van der Waals surface area contributed by atoms with E-state index in [9.17, 15) is 18.0 Å². The second-order valence-electron chi connectivity index (χ2n) is 10.0. The summed E-state index contributed by atoms with van der Waals surface area (Å²) < 4.78 is 34.9. The predicted molar refractivity (Wildman–Crippen MR) is 168 cm³/mol. The Morgan fingerprint density at radius 3 is 2.12 bits per heavy atom. The van der Waals surface area contributed by atoms with Crippen LogP contribution in [-0.2, 0) is 26.2 Å². The Balaban J connectivity index is 2.12. The molecule has 0 fully saturated rings. The zero-order valence-corrected chi connectivity index (χ0v) is 26.5. The van der Waals surface area contributed by atoms with E-state index in [-0.39, 0.29) is 42.0 Å². The van der Waals surface area contributed by atoms with E-state index < -0.39 is 28.5 Å². The van der Waals surface area contributed by atoms with Crippen molar-refractivity contribution in [1.82, 2.24) is 10.2 Å². The number of hydrogen-bond donors (Lipinski definition) is 1. The molecule has 0 aromatic heterocycles. The lowest BCUT2D eigenvalue weighted by Gasteiger charge is -2.34. The number of amides is 2. The molecule has 0 aliphatic carbocycles. The summed E-state index contributed by atoms with van der Waals surface area (Å²) >= 11 is 12.9. The molecule has 0 bridgehead atoms. The zero-order chi connectivity index (χ0) is 30.9. The molecule has 3 aromatic rings. The van der Waals surface area contributed by atoms with Gasteiger partial charge in [-0.05, 0) is 55.7 Å². The molecule has 0 spiro atoms. The summed E-state index contributed by atoms with van der Waals surface area (Å²) in [5.41, 5.74) is 0.654. The minimum atomic E-state index is -4.23. The molecular formula is C31H37Cl2N3O5S. The van der Waals surface area contributed by atoms with Gasteiger partial charge in [0.15, 0.2) is 0 Å². The van der Waals surface area contributed by atoms with Crippen LogP contribution >= 0.6 is 23.2 Å². The molecule has 1 N–H and O–H groups in total. The zero-order valence-electron chi connectivity index (χ0n) is 24.2. The Bertz CT molecular complexity index is 1450. The molecule has 226 valence electrons. The smallest absolute Gasteiger partial charge is 0.264 e. The van der Waals surface area contributed by atoms with Gasteiger partial charge in [0, 0.05) is 28.7 Å². The van der Waals surface area contributed by atoms with Crippen molar-refractivity contribution in [3.05, 3.63) is 88.4 Å². The van der Waals surface area contributed by atoms with Crippen LogP contribution in [0.1, 0.15) is 39.7 Å². The summed E-state index contributed by atoms with van der Waals surface area (Å²) in [5.74, 6) is -0.469. The van der Waals surface area contributed by atoms with E-state index in [4.69, 9.17) is 27.9 Å². The predicted octanol–water partition coefficient (Wildman–Crippen LogP) is 6.17. The maximum atomic E-state index is 14.3. The van der Waals surface area contributed by atoms with Crippen LogP contribution < -0.4 is 14.4 Å². The van der Waals surface area contributed by atoms with E-state index in [1.54, 1.807) is 74.5 Å². The molecule has 11 heteroatoms. The van der Waals surface area contributed by atoms with E-state index in [1.807, 2.05) is 13.8 Å². The average molecular weight is 635 g/mol. The van der Waals surface area contributed by atoms with Gasteiger partial charge in [0.05, 0.1) is 17.2 Å². The van der Waals surface area contributed by atoms with Crippen LogP contribution in [-0.4, -0.2) is 50.9 Å². The highest BCUT2D eigenvalue weighted by Gasteiger charge is 2.35. The Morgan fingerprint density at radius 2 is 1.52 bits per heavy atom. The monoisotopic (exact) mass is 633 g/mol.